The number of amides is 2. The van der Waals surface area contributed by atoms with E-state index in [-0.39, 0.29) is 6.03 Å². The summed E-state index contributed by atoms with van der Waals surface area (Å²) in [6.07, 6.45) is 3.60. The molecule has 1 aromatic heterocycles. The molecule has 2 heterocycles. The maximum Gasteiger partial charge on any atom is 0.321 e. The van der Waals surface area contributed by atoms with E-state index in [9.17, 15) is 4.79 Å². The maximum absolute atomic E-state index is 12.4. The largest absolute Gasteiger partial charge is 0.322 e. The molecule has 7 heteroatoms. The lowest BCUT2D eigenvalue weighted by Gasteiger charge is -2.34. The normalized spacial score (nSPS) is 15.3. The molecule has 0 bridgehead atoms. The van der Waals surface area contributed by atoms with Gasteiger partial charge in [0, 0.05) is 45.1 Å². The molecule has 2 aromatic rings. The molecule has 0 aliphatic carbocycles. The lowest BCUT2D eigenvalue weighted by atomic mass is 10.2. The third-order valence-corrected chi connectivity index (χ3v) is 4.83. The smallest absolute Gasteiger partial charge is 0.321 e. The van der Waals surface area contributed by atoms with Crippen LogP contribution in [-0.2, 0) is 6.54 Å². The van der Waals surface area contributed by atoms with Gasteiger partial charge in [-0.15, -0.1) is 0 Å². The van der Waals surface area contributed by atoms with Gasteiger partial charge in [0.25, 0.3) is 0 Å². The predicted molar refractivity (Wildman–Crippen MR) is 96.6 cm³/mol. The Balaban J connectivity index is 1.52. The van der Waals surface area contributed by atoms with Gasteiger partial charge in [-0.05, 0) is 29.8 Å². The van der Waals surface area contributed by atoms with Crippen molar-refractivity contribution in [3.8, 4) is 0 Å². The lowest BCUT2D eigenvalue weighted by Crippen LogP contribution is -2.49. The summed E-state index contributed by atoms with van der Waals surface area (Å²) in [6, 6.07) is 9.07. The highest BCUT2D eigenvalue weighted by molar-refractivity contribution is 6.43. The molecule has 0 radical (unpaired) electrons. The van der Waals surface area contributed by atoms with Crippen molar-refractivity contribution in [2.24, 2.45) is 0 Å². The number of benzene rings is 1. The Morgan fingerprint density at radius 2 is 1.79 bits per heavy atom. The molecule has 126 valence electrons. The van der Waals surface area contributed by atoms with Crippen LogP contribution >= 0.6 is 23.2 Å². The van der Waals surface area contributed by atoms with E-state index in [2.05, 4.69) is 15.2 Å². The van der Waals surface area contributed by atoms with Gasteiger partial charge in [-0.25, -0.2) is 4.79 Å². The van der Waals surface area contributed by atoms with E-state index in [4.69, 9.17) is 23.2 Å². The van der Waals surface area contributed by atoms with Crippen LogP contribution in [0.25, 0.3) is 0 Å². The molecule has 1 N–H and O–H groups in total. The molecule has 0 unspecified atom stereocenters. The number of urea groups is 1. The number of hydrogen-bond acceptors (Lipinski definition) is 3. The quantitative estimate of drug-likeness (QED) is 0.902. The van der Waals surface area contributed by atoms with Crippen LogP contribution in [0.15, 0.2) is 42.7 Å². The van der Waals surface area contributed by atoms with Crippen molar-refractivity contribution in [2.75, 3.05) is 31.5 Å². The predicted octanol–water partition coefficient (Wildman–Crippen LogP) is 3.74. The van der Waals surface area contributed by atoms with Gasteiger partial charge < -0.3 is 10.2 Å². The van der Waals surface area contributed by atoms with E-state index < -0.39 is 0 Å². The summed E-state index contributed by atoms with van der Waals surface area (Å²) >= 11 is 12.1. The van der Waals surface area contributed by atoms with Crippen LogP contribution in [0.1, 0.15) is 5.56 Å². The fraction of sp³-hybridized carbons (Fsp3) is 0.294. The molecule has 0 saturated carbocycles. The Morgan fingerprint density at radius 3 is 2.50 bits per heavy atom. The SMILES string of the molecule is O=C(Nc1cccc(Cl)c1Cl)N1CCN(Cc2ccncc2)CC1. The zero-order valence-corrected chi connectivity index (χ0v) is 14.6. The Kier molecular flexibility index (Phi) is 5.56. The van der Waals surface area contributed by atoms with Crippen molar-refractivity contribution in [1.29, 1.82) is 0 Å². The monoisotopic (exact) mass is 364 g/mol. The first-order valence-electron chi connectivity index (χ1n) is 7.74. The number of halogens is 2. The molecule has 0 atom stereocenters. The van der Waals surface area contributed by atoms with E-state index in [1.165, 1.54) is 5.56 Å². The van der Waals surface area contributed by atoms with Crippen LogP contribution in [0.4, 0.5) is 10.5 Å². The molecular formula is C17H18Cl2N4O. The molecule has 1 aliphatic heterocycles. The van der Waals surface area contributed by atoms with Gasteiger partial charge in [-0.3, -0.25) is 9.88 Å². The second-order valence-corrected chi connectivity index (χ2v) is 6.44. The topological polar surface area (TPSA) is 48.5 Å². The van der Waals surface area contributed by atoms with E-state index in [1.54, 1.807) is 35.5 Å². The van der Waals surface area contributed by atoms with Crippen molar-refractivity contribution in [2.45, 2.75) is 6.54 Å². The number of aromatic nitrogens is 1. The summed E-state index contributed by atoms with van der Waals surface area (Å²) in [5.74, 6) is 0. The van der Waals surface area contributed by atoms with Gasteiger partial charge in [-0.1, -0.05) is 29.3 Å². The number of nitrogens with zero attached hydrogens (tertiary/aromatic N) is 3. The van der Waals surface area contributed by atoms with Crippen molar-refractivity contribution in [1.82, 2.24) is 14.8 Å². The maximum atomic E-state index is 12.4. The molecule has 0 spiro atoms. The number of pyridine rings is 1. The van der Waals surface area contributed by atoms with Crippen LogP contribution in [0.5, 0.6) is 0 Å². The molecule has 1 saturated heterocycles. The molecular weight excluding hydrogens is 347 g/mol. The molecule has 1 aliphatic rings. The summed E-state index contributed by atoms with van der Waals surface area (Å²) in [6.45, 7) is 3.89. The van der Waals surface area contributed by atoms with E-state index in [0.29, 0.717) is 28.8 Å². The minimum Gasteiger partial charge on any atom is -0.322 e. The first kappa shape index (κ1) is 17.0. The first-order chi connectivity index (χ1) is 11.6. The summed E-state index contributed by atoms with van der Waals surface area (Å²) in [5, 5.41) is 3.62. The Labute approximate surface area is 151 Å². The summed E-state index contributed by atoms with van der Waals surface area (Å²) in [5.41, 5.74) is 1.77. The second-order valence-electron chi connectivity index (χ2n) is 5.65. The minimum atomic E-state index is -0.150. The van der Waals surface area contributed by atoms with Crippen LogP contribution in [0.2, 0.25) is 10.0 Å². The molecule has 24 heavy (non-hydrogen) atoms. The first-order valence-corrected chi connectivity index (χ1v) is 8.50. The van der Waals surface area contributed by atoms with Gasteiger partial charge >= 0.3 is 6.03 Å². The van der Waals surface area contributed by atoms with Crippen LogP contribution < -0.4 is 5.32 Å². The summed E-state index contributed by atoms with van der Waals surface area (Å²) in [4.78, 5) is 20.5. The van der Waals surface area contributed by atoms with E-state index in [0.717, 1.165) is 19.6 Å². The Bertz CT molecular complexity index is 703. The molecule has 2 amide bonds. The third-order valence-electron chi connectivity index (χ3n) is 4.01. The van der Waals surface area contributed by atoms with E-state index in [1.807, 2.05) is 12.1 Å². The van der Waals surface area contributed by atoms with Crippen LogP contribution in [-0.4, -0.2) is 47.0 Å². The number of anilines is 1. The average Bonchev–Trinajstić information content (AvgIpc) is 2.60. The highest BCUT2D eigenvalue weighted by atomic mass is 35.5. The average molecular weight is 365 g/mol. The Hall–Kier alpha value is -1.82. The van der Waals surface area contributed by atoms with Gasteiger partial charge in [0.05, 0.1) is 15.7 Å². The third kappa shape index (κ3) is 4.17. The van der Waals surface area contributed by atoms with Crippen molar-refractivity contribution in [3.63, 3.8) is 0 Å². The van der Waals surface area contributed by atoms with Gasteiger partial charge in [0.2, 0.25) is 0 Å². The minimum absolute atomic E-state index is 0.150. The fourth-order valence-electron chi connectivity index (χ4n) is 2.65. The van der Waals surface area contributed by atoms with Gasteiger partial charge in [0.1, 0.15) is 0 Å². The number of piperazine rings is 1. The van der Waals surface area contributed by atoms with Crippen molar-refractivity contribution in [3.05, 3.63) is 58.3 Å². The number of rotatable bonds is 3. The van der Waals surface area contributed by atoms with Crippen molar-refractivity contribution < 1.29 is 4.79 Å². The highest BCUT2D eigenvalue weighted by Crippen LogP contribution is 2.29. The Morgan fingerprint density at radius 1 is 1.08 bits per heavy atom. The number of nitrogens with one attached hydrogen (secondary N) is 1. The van der Waals surface area contributed by atoms with Crippen LogP contribution in [0, 0.1) is 0 Å². The van der Waals surface area contributed by atoms with Gasteiger partial charge in [0.15, 0.2) is 0 Å². The molecule has 1 fully saturated rings. The highest BCUT2D eigenvalue weighted by Gasteiger charge is 2.21. The van der Waals surface area contributed by atoms with E-state index >= 15 is 0 Å². The molecule has 3 rings (SSSR count). The second kappa shape index (κ2) is 7.83. The van der Waals surface area contributed by atoms with Gasteiger partial charge in [-0.2, -0.15) is 0 Å². The standard InChI is InChI=1S/C17H18Cl2N4O/c18-14-2-1-3-15(16(14)19)21-17(24)23-10-8-22(9-11-23)12-13-4-6-20-7-5-13/h1-7H,8-12H2,(H,21,24). The number of hydrogen-bond donors (Lipinski definition) is 1. The zero-order chi connectivity index (χ0) is 16.9. The molecule has 5 nitrogen and oxygen atoms in total. The zero-order valence-electron chi connectivity index (χ0n) is 13.1. The summed E-state index contributed by atoms with van der Waals surface area (Å²) in [7, 11) is 0. The lowest BCUT2D eigenvalue weighted by molar-refractivity contribution is 0.143. The van der Waals surface area contributed by atoms with Crippen LogP contribution in [0.3, 0.4) is 0 Å². The fourth-order valence-corrected chi connectivity index (χ4v) is 3.00. The van der Waals surface area contributed by atoms with Crippen molar-refractivity contribution >= 4 is 34.9 Å². The number of carbonyl (C=O) groups excluding carboxylic acids is 1. The summed E-state index contributed by atoms with van der Waals surface area (Å²) < 4.78 is 0. The molecule has 1 aromatic carbocycles. The number of carbonyl (C=O) groups is 1.